The summed E-state index contributed by atoms with van der Waals surface area (Å²) in [6.07, 6.45) is 1.17. The van der Waals surface area contributed by atoms with E-state index in [9.17, 15) is 0 Å². The fraction of sp³-hybridized carbons (Fsp3) is 0.632. The van der Waals surface area contributed by atoms with Gasteiger partial charge in [-0.25, -0.2) is 0 Å². The van der Waals surface area contributed by atoms with Gasteiger partial charge in [0.15, 0.2) is 17.5 Å². The standard InChI is InChI=1S/C19H30N4O3.HI/c1-20-19(21-13-15-5-4-6-17(24-2)18(15)25-3)23-8-7-16(14-23)22-9-11-26-12-10-22;/h4-6,16H,7-14H2,1-3H3,(H,20,21);1H. The molecule has 0 bridgehead atoms. The van der Waals surface area contributed by atoms with Crippen molar-refractivity contribution in [2.24, 2.45) is 4.99 Å². The van der Waals surface area contributed by atoms with Crippen LogP contribution in [-0.4, -0.2) is 82.5 Å². The van der Waals surface area contributed by atoms with Gasteiger partial charge in [0.05, 0.1) is 27.4 Å². The molecule has 1 N–H and O–H groups in total. The number of guanidine groups is 1. The van der Waals surface area contributed by atoms with Gasteiger partial charge in [-0.05, 0) is 12.5 Å². The van der Waals surface area contributed by atoms with E-state index in [0.29, 0.717) is 12.6 Å². The molecule has 2 aliphatic rings. The highest BCUT2D eigenvalue weighted by atomic mass is 127. The molecule has 7 nitrogen and oxygen atoms in total. The first-order valence-corrected chi connectivity index (χ1v) is 9.24. The summed E-state index contributed by atoms with van der Waals surface area (Å²) in [5.41, 5.74) is 1.05. The first-order chi connectivity index (χ1) is 12.8. The van der Waals surface area contributed by atoms with Crippen LogP contribution >= 0.6 is 24.0 Å². The molecule has 2 saturated heterocycles. The van der Waals surface area contributed by atoms with Crippen LogP contribution in [0.25, 0.3) is 0 Å². The molecular formula is C19H31IN4O3. The molecule has 0 radical (unpaired) electrons. The van der Waals surface area contributed by atoms with E-state index < -0.39 is 0 Å². The molecule has 0 spiro atoms. The maximum absolute atomic E-state index is 5.52. The van der Waals surface area contributed by atoms with E-state index in [2.05, 4.69) is 20.1 Å². The number of hydrogen-bond donors (Lipinski definition) is 1. The number of para-hydroxylation sites is 1. The van der Waals surface area contributed by atoms with Crippen molar-refractivity contribution in [3.05, 3.63) is 23.8 Å². The number of likely N-dealkylation sites (tertiary alicyclic amines) is 1. The number of methoxy groups -OCH3 is 2. The number of aliphatic imine (C=N–C) groups is 1. The lowest BCUT2D eigenvalue weighted by Gasteiger charge is -2.32. The highest BCUT2D eigenvalue weighted by Crippen LogP contribution is 2.30. The van der Waals surface area contributed by atoms with Crippen LogP contribution in [0, 0.1) is 0 Å². The molecule has 2 fully saturated rings. The third-order valence-electron chi connectivity index (χ3n) is 5.16. The molecule has 1 atom stereocenters. The Balaban J connectivity index is 0.00000261. The Labute approximate surface area is 179 Å². The van der Waals surface area contributed by atoms with E-state index in [-0.39, 0.29) is 24.0 Å². The van der Waals surface area contributed by atoms with Crippen molar-refractivity contribution in [3.8, 4) is 11.5 Å². The summed E-state index contributed by atoms with van der Waals surface area (Å²) >= 11 is 0. The monoisotopic (exact) mass is 490 g/mol. The van der Waals surface area contributed by atoms with Crippen molar-refractivity contribution in [1.82, 2.24) is 15.1 Å². The number of morpholine rings is 1. The van der Waals surface area contributed by atoms with Crippen LogP contribution in [-0.2, 0) is 11.3 Å². The van der Waals surface area contributed by atoms with Gasteiger partial charge in [-0.2, -0.15) is 0 Å². The normalized spacial score (nSPS) is 20.9. The van der Waals surface area contributed by atoms with E-state index in [0.717, 1.165) is 62.4 Å². The van der Waals surface area contributed by atoms with Crippen molar-refractivity contribution in [2.75, 3.05) is 60.7 Å². The van der Waals surface area contributed by atoms with Crippen molar-refractivity contribution >= 4 is 29.9 Å². The highest BCUT2D eigenvalue weighted by Gasteiger charge is 2.30. The van der Waals surface area contributed by atoms with Gasteiger partial charge < -0.3 is 24.4 Å². The van der Waals surface area contributed by atoms with Gasteiger partial charge >= 0.3 is 0 Å². The number of halogens is 1. The fourth-order valence-electron chi connectivity index (χ4n) is 3.77. The lowest BCUT2D eigenvalue weighted by atomic mass is 10.2. The lowest BCUT2D eigenvalue weighted by molar-refractivity contribution is 0.0195. The summed E-state index contributed by atoms with van der Waals surface area (Å²) in [5.74, 6) is 2.45. The Morgan fingerprint density at radius 3 is 2.67 bits per heavy atom. The van der Waals surface area contributed by atoms with Crippen molar-refractivity contribution in [2.45, 2.75) is 19.0 Å². The molecule has 8 heteroatoms. The molecule has 1 aromatic rings. The zero-order valence-electron chi connectivity index (χ0n) is 16.4. The molecule has 0 aliphatic carbocycles. The van der Waals surface area contributed by atoms with Crippen LogP contribution < -0.4 is 14.8 Å². The third-order valence-corrected chi connectivity index (χ3v) is 5.16. The quantitative estimate of drug-likeness (QED) is 0.386. The summed E-state index contributed by atoms with van der Waals surface area (Å²) in [7, 11) is 5.17. The zero-order valence-corrected chi connectivity index (χ0v) is 18.8. The Bertz CT molecular complexity index is 623. The Hall–Kier alpha value is -1.26. The fourth-order valence-corrected chi connectivity index (χ4v) is 3.77. The predicted octanol–water partition coefficient (Wildman–Crippen LogP) is 1.80. The Morgan fingerprint density at radius 1 is 1.22 bits per heavy atom. The van der Waals surface area contributed by atoms with Crippen molar-refractivity contribution in [1.29, 1.82) is 0 Å². The van der Waals surface area contributed by atoms with Crippen LogP contribution in [0.2, 0.25) is 0 Å². The number of ether oxygens (including phenoxy) is 3. The summed E-state index contributed by atoms with van der Waals surface area (Å²) in [4.78, 5) is 9.36. The summed E-state index contributed by atoms with van der Waals surface area (Å²) in [5, 5.41) is 3.47. The smallest absolute Gasteiger partial charge is 0.193 e. The number of nitrogens with one attached hydrogen (secondary N) is 1. The molecule has 1 unspecified atom stereocenters. The molecule has 2 heterocycles. The van der Waals surface area contributed by atoms with Gasteiger partial charge in [-0.15, -0.1) is 24.0 Å². The minimum atomic E-state index is 0. The van der Waals surface area contributed by atoms with Gasteiger partial charge in [-0.1, -0.05) is 12.1 Å². The number of rotatable bonds is 5. The molecule has 27 heavy (non-hydrogen) atoms. The van der Waals surface area contributed by atoms with Crippen LogP contribution in [0.5, 0.6) is 11.5 Å². The Kier molecular flexibility index (Phi) is 8.91. The zero-order chi connectivity index (χ0) is 18.4. The molecular weight excluding hydrogens is 459 g/mol. The van der Waals surface area contributed by atoms with Crippen molar-refractivity contribution < 1.29 is 14.2 Å². The SMILES string of the molecule is CN=C(NCc1cccc(OC)c1OC)N1CCC(N2CCOCC2)C1.I. The maximum Gasteiger partial charge on any atom is 0.193 e. The first-order valence-electron chi connectivity index (χ1n) is 9.24. The van der Waals surface area contributed by atoms with E-state index >= 15 is 0 Å². The maximum atomic E-state index is 5.52. The summed E-state index contributed by atoms with van der Waals surface area (Å²) in [6, 6.07) is 6.52. The van der Waals surface area contributed by atoms with Crippen LogP contribution in [0.15, 0.2) is 23.2 Å². The van der Waals surface area contributed by atoms with Gasteiger partial charge in [0, 0.05) is 51.4 Å². The third kappa shape index (κ3) is 5.39. The van der Waals surface area contributed by atoms with Gasteiger partial charge in [0.25, 0.3) is 0 Å². The van der Waals surface area contributed by atoms with Crippen molar-refractivity contribution in [3.63, 3.8) is 0 Å². The highest BCUT2D eigenvalue weighted by molar-refractivity contribution is 14.0. The molecule has 2 aliphatic heterocycles. The topological polar surface area (TPSA) is 58.6 Å². The second-order valence-electron chi connectivity index (χ2n) is 6.59. The van der Waals surface area contributed by atoms with Gasteiger partial charge in [-0.3, -0.25) is 9.89 Å². The van der Waals surface area contributed by atoms with Crippen LogP contribution in [0.1, 0.15) is 12.0 Å². The predicted molar refractivity (Wildman–Crippen MR) is 118 cm³/mol. The lowest BCUT2D eigenvalue weighted by Crippen LogP contribution is -2.46. The van der Waals surface area contributed by atoms with E-state index in [1.807, 2.05) is 25.2 Å². The van der Waals surface area contributed by atoms with Crippen LogP contribution in [0.4, 0.5) is 0 Å². The van der Waals surface area contributed by atoms with E-state index in [4.69, 9.17) is 14.2 Å². The number of nitrogens with zero attached hydrogens (tertiary/aromatic N) is 3. The molecule has 0 amide bonds. The molecule has 1 aromatic carbocycles. The van der Waals surface area contributed by atoms with E-state index in [1.54, 1.807) is 14.2 Å². The number of hydrogen-bond acceptors (Lipinski definition) is 5. The average Bonchev–Trinajstić information content (AvgIpc) is 3.19. The number of benzene rings is 1. The van der Waals surface area contributed by atoms with Gasteiger partial charge in [0.1, 0.15) is 0 Å². The molecule has 3 rings (SSSR count). The van der Waals surface area contributed by atoms with E-state index in [1.165, 1.54) is 6.42 Å². The minimum absolute atomic E-state index is 0. The molecule has 0 aromatic heterocycles. The van der Waals surface area contributed by atoms with Crippen LogP contribution in [0.3, 0.4) is 0 Å². The first kappa shape index (κ1) is 22.0. The molecule has 152 valence electrons. The summed E-state index contributed by atoms with van der Waals surface area (Å²) < 4.78 is 16.4. The summed E-state index contributed by atoms with van der Waals surface area (Å²) in [6.45, 7) is 6.44. The second-order valence-corrected chi connectivity index (χ2v) is 6.59. The average molecular weight is 490 g/mol. The second kappa shape index (κ2) is 10.9. The Morgan fingerprint density at radius 2 is 2.00 bits per heavy atom. The molecule has 0 saturated carbocycles. The minimum Gasteiger partial charge on any atom is -0.493 e. The largest absolute Gasteiger partial charge is 0.493 e. The van der Waals surface area contributed by atoms with Gasteiger partial charge in [0.2, 0.25) is 0 Å².